The fourth-order valence-electron chi connectivity index (χ4n) is 1.45. The number of aromatic nitrogens is 4. The van der Waals surface area contributed by atoms with Gasteiger partial charge in [0.15, 0.2) is 5.16 Å². The Balaban J connectivity index is 2.29. The van der Waals surface area contributed by atoms with E-state index in [1.165, 1.54) is 11.8 Å². The summed E-state index contributed by atoms with van der Waals surface area (Å²) in [6.07, 6.45) is 0. The predicted molar refractivity (Wildman–Crippen MR) is 66.7 cm³/mol. The lowest BCUT2D eigenvalue weighted by molar-refractivity contribution is 0.764. The molecule has 0 saturated heterocycles. The van der Waals surface area contributed by atoms with Crippen molar-refractivity contribution in [2.24, 2.45) is 12.8 Å². The largest absolute Gasteiger partial charge is 0.326 e. The van der Waals surface area contributed by atoms with Crippen LogP contribution in [0.25, 0.3) is 0 Å². The Bertz CT molecular complexity index is 535. The smallest absolute Gasteiger partial charge is 0.197 e. The van der Waals surface area contributed by atoms with Crippen molar-refractivity contribution in [3.05, 3.63) is 29.2 Å². The molecule has 0 fully saturated rings. The van der Waals surface area contributed by atoms with Gasteiger partial charge in [-0.25, -0.2) is 4.98 Å². The monoisotopic (exact) mass is 249 g/mol. The molecular weight excluding hydrogens is 234 g/mol. The van der Waals surface area contributed by atoms with Crippen LogP contribution < -0.4 is 5.73 Å². The molecule has 2 N–H and O–H groups in total. The molecule has 0 atom stereocenters. The molecule has 0 bridgehead atoms. The summed E-state index contributed by atoms with van der Waals surface area (Å²) in [6, 6.07) is 3.98. The predicted octanol–water partition coefficient (Wildman–Crippen LogP) is 1.44. The first-order chi connectivity index (χ1) is 8.10. The fourth-order valence-corrected chi connectivity index (χ4v) is 2.38. The highest BCUT2D eigenvalue weighted by Gasteiger charge is 2.08. The van der Waals surface area contributed by atoms with Gasteiger partial charge in [-0.2, -0.15) is 0 Å². The van der Waals surface area contributed by atoms with Gasteiger partial charge in [-0.05, 0) is 43.3 Å². The number of hydrogen-bond donors (Lipinski definition) is 1. The molecule has 5 nitrogen and oxygen atoms in total. The molecule has 0 aliphatic heterocycles. The highest BCUT2D eigenvalue weighted by atomic mass is 32.2. The second-order valence-corrected chi connectivity index (χ2v) is 4.84. The highest BCUT2D eigenvalue weighted by Crippen LogP contribution is 2.25. The number of nitrogens with zero attached hydrogens (tertiary/aromatic N) is 4. The Hall–Kier alpha value is -1.40. The third-order valence-electron chi connectivity index (χ3n) is 2.47. The number of rotatable bonds is 3. The maximum absolute atomic E-state index is 5.64. The third-order valence-corrected chi connectivity index (χ3v) is 3.43. The Morgan fingerprint density at radius 3 is 2.65 bits per heavy atom. The molecule has 0 unspecified atom stereocenters. The van der Waals surface area contributed by atoms with Crippen LogP contribution in [-0.4, -0.2) is 19.7 Å². The van der Waals surface area contributed by atoms with Crippen LogP contribution in [0.15, 0.2) is 22.3 Å². The van der Waals surface area contributed by atoms with Crippen LogP contribution in [0.1, 0.15) is 17.1 Å². The number of aryl methyl sites for hydroxylation is 2. The van der Waals surface area contributed by atoms with Gasteiger partial charge >= 0.3 is 0 Å². The first-order valence-electron chi connectivity index (χ1n) is 5.31. The molecule has 0 saturated carbocycles. The molecule has 6 heteroatoms. The number of pyridine rings is 1. The molecule has 2 rings (SSSR count). The van der Waals surface area contributed by atoms with E-state index in [1.54, 1.807) is 0 Å². The average Bonchev–Trinajstić information content (AvgIpc) is 2.60. The molecule has 2 aromatic heterocycles. The minimum absolute atomic E-state index is 0.523. The van der Waals surface area contributed by atoms with Gasteiger partial charge in [0.2, 0.25) is 0 Å². The van der Waals surface area contributed by atoms with Gasteiger partial charge in [0.25, 0.3) is 0 Å². The summed E-state index contributed by atoms with van der Waals surface area (Å²) in [4.78, 5) is 4.45. The number of hydrogen-bond acceptors (Lipinski definition) is 5. The Kier molecular flexibility index (Phi) is 3.44. The van der Waals surface area contributed by atoms with E-state index in [-0.39, 0.29) is 0 Å². The highest BCUT2D eigenvalue weighted by molar-refractivity contribution is 7.99. The minimum Gasteiger partial charge on any atom is -0.326 e. The lowest BCUT2D eigenvalue weighted by Gasteiger charge is -2.04. The molecule has 17 heavy (non-hydrogen) atoms. The molecule has 0 aliphatic carbocycles. The van der Waals surface area contributed by atoms with Crippen molar-refractivity contribution in [2.45, 2.75) is 30.6 Å². The quantitative estimate of drug-likeness (QED) is 0.891. The zero-order valence-corrected chi connectivity index (χ0v) is 11.0. The zero-order chi connectivity index (χ0) is 12.4. The van der Waals surface area contributed by atoms with Crippen molar-refractivity contribution in [1.82, 2.24) is 19.7 Å². The van der Waals surface area contributed by atoms with E-state index in [1.807, 2.05) is 37.6 Å². The van der Waals surface area contributed by atoms with Crippen LogP contribution in [-0.2, 0) is 13.6 Å². The van der Waals surface area contributed by atoms with E-state index in [0.717, 1.165) is 27.3 Å². The van der Waals surface area contributed by atoms with Gasteiger partial charge in [-0.15, -0.1) is 10.2 Å². The molecule has 2 heterocycles. The average molecular weight is 249 g/mol. The molecular formula is C11H15N5S. The molecule has 90 valence electrons. The lowest BCUT2D eigenvalue weighted by atomic mass is 10.2. The van der Waals surface area contributed by atoms with Crippen molar-refractivity contribution >= 4 is 11.8 Å². The van der Waals surface area contributed by atoms with Crippen molar-refractivity contribution in [1.29, 1.82) is 0 Å². The van der Waals surface area contributed by atoms with E-state index >= 15 is 0 Å². The Labute approximate surface area is 104 Å². The second-order valence-electron chi connectivity index (χ2n) is 3.85. The van der Waals surface area contributed by atoms with Gasteiger partial charge in [-0.1, -0.05) is 0 Å². The second kappa shape index (κ2) is 4.85. The van der Waals surface area contributed by atoms with Crippen molar-refractivity contribution in [3.63, 3.8) is 0 Å². The molecule has 0 radical (unpaired) electrons. The minimum atomic E-state index is 0.523. The van der Waals surface area contributed by atoms with Crippen LogP contribution in [0, 0.1) is 13.8 Å². The lowest BCUT2D eigenvalue weighted by Crippen LogP contribution is -1.99. The molecule has 0 amide bonds. The molecule has 2 aromatic rings. The van der Waals surface area contributed by atoms with Gasteiger partial charge in [0.1, 0.15) is 10.9 Å². The van der Waals surface area contributed by atoms with Gasteiger partial charge < -0.3 is 10.3 Å². The fraction of sp³-hybridized carbons (Fsp3) is 0.364. The molecule has 0 aliphatic rings. The van der Waals surface area contributed by atoms with Crippen molar-refractivity contribution in [2.75, 3.05) is 0 Å². The van der Waals surface area contributed by atoms with Gasteiger partial charge in [0, 0.05) is 19.3 Å². The summed E-state index contributed by atoms with van der Waals surface area (Å²) in [5.41, 5.74) is 7.69. The summed E-state index contributed by atoms with van der Waals surface area (Å²) in [7, 11) is 1.94. The Morgan fingerprint density at radius 1 is 1.29 bits per heavy atom. The summed E-state index contributed by atoms with van der Waals surface area (Å²) >= 11 is 1.50. The van der Waals surface area contributed by atoms with Gasteiger partial charge in [-0.3, -0.25) is 0 Å². The van der Waals surface area contributed by atoms with E-state index < -0.39 is 0 Å². The van der Waals surface area contributed by atoms with Gasteiger partial charge in [0.05, 0.1) is 0 Å². The first kappa shape index (κ1) is 12.1. The van der Waals surface area contributed by atoms with Crippen molar-refractivity contribution < 1.29 is 0 Å². The summed E-state index contributed by atoms with van der Waals surface area (Å²) in [5, 5.41) is 9.86. The van der Waals surface area contributed by atoms with E-state index in [9.17, 15) is 0 Å². The van der Waals surface area contributed by atoms with Crippen LogP contribution in [0.3, 0.4) is 0 Å². The zero-order valence-electron chi connectivity index (χ0n) is 10.1. The van der Waals surface area contributed by atoms with E-state index in [4.69, 9.17) is 5.73 Å². The molecule has 0 spiro atoms. The van der Waals surface area contributed by atoms with Crippen molar-refractivity contribution in [3.8, 4) is 0 Å². The van der Waals surface area contributed by atoms with Crippen LogP contribution in [0.4, 0.5) is 0 Å². The number of nitrogens with two attached hydrogens (primary N) is 1. The maximum Gasteiger partial charge on any atom is 0.197 e. The van der Waals surface area contributed by atoms with Crippen LogP contribution >= 0.6 is 11.8 Å². The van der Waals surface area contributed by atoms with Crippen LogP contribution in [0.5, 0.6) is 0 Å². The molecule has 0 aromatic carbocycles. The standard InChI is InChI=1S/C11H15N5S/c1-7-4-9(6-12)5-10(13-7)17-11-15-14-8(2)16(11)3/h4-5H,6,12H2,1-3H3. The maximum atomic E-state index is 5.64. The summed E-state index contributed by atoms with van der Waals surface area (Å²) < 4.78 is 1.94. The van der Waals surface area contributed by atoms with Crippen LogP contribution in [0.2, 0.25) is 0 Å². The van der Waals surface area contributed by atoms with E-state index in [2.05, 4.69) is 15.2 Å². The van der Waals surface area contributed by atoms with E-state index in [0.29, 0.717) is 6.54 Å². The Morgan fingerprint density at radius 2 is 2.06 bits per heavy atom. The summed E-state index contributed by atoms with van der Waals surface area (Å²) in [6.45, 7) is 4.41. The SMILES string of the molecule is Cc1cc(CN)cc(Sc2nnc(C)n2C)n1. The summed E-state index contributed by atoms with van der Waals surface area (Å²) in [5.74, 6) is 0.888. The third kappa shape index (κ3) is 2.65. The normalized spacial score (nSPS) is 10.8. The topological polar surface area (TPSA) is 69.6 Å². The first-order valence-corrected chi connectivity index (χ1v) is 6.13.